The smallest absolute Gasteiger partial charge is 0 e. The molecule has 0 aromatic rings. The van der Waals surface area contributed by atoms with Crippen LogP contribution in [0.2, 0.25) is 0 Å². The number of rotatable bonds is 0. The zero-order chi connectivity index (χ0) is 4.50. The third kappa shape index (κ3) is 138. The van der Waals surface area contributed by atoms with Crippen molar-refractivity contribution in [2.24, 2.45) is 0 Å². The molecule has 0 atom stereocenters. The third-order valence-corrected chi connectivity index (χ3v) is 0. The molecule has 0 saturated carbocycles. The predicted molar refractivity (Wildman–Crippen MR) is 21.4 cm³/mol. The molecule has 0 rings (SSSR count). The first-order chi connectivity index (χ1) is 2.00. The number of hydrogen-bond donors (Lipinski definition) is 3. The maximum absolute atomic E-state index is 8.88. The van der Waals surface area contributed by atoms with Crippen molar-refractivity contribution in [2.45, 2.75) is 0 Å². The van der Waals surface area contributed by atoms with Crippen LogP contribution in [0.3, 0.4) is 0 Å². The van der Waals surface area contributed by atoms with Crippen LogP contribution < -0.4 is 0 Å². The summed E-state index contributed by atoms with van der Waals surface area (Å²) in [4.78, 5) is 21.6. The fourth-order valence-corrected chi connectivity index (χ4v) is 0. The fourth-order valence-electron chi connectivity index (χ4n) is 0. The van der Waals surface area contributed by atoms with Crippen LogP contribution in [-0.4, -0.2) is 33.5 Å². The molecule has 0 aliphatic rings. The van der Waals surface area contributed by atoms with Crippen molar-refractivity contribution in [1.29, 1.82) is 0 Å². The monoisotopic (exact) mass is 276 g/mol. The summed E-state index contributed by atoms with van der Waals surface area (Å²) in [5.41, 5.74) is 0. The van der Waals surface area contributed by atoms with Gasteiger partial charge in [0, 0.05) is 50.9 Å². The average Bonchev–Trinajstić information content (AvgIpc) is 0.722. The van der Waals surface area contributed by atoms with Crippen LogP contribution in [0.4, 0.5) is 0 Å². The van der Waals surface area contributed by atoms with Gasteiger partial charge in [0.05, 0.1) is 0 Å². The number of hydrogen-bond acceptors (Lipinski definition) is 1. The molecule has 3 N–H and O–H groups in total. The van der Waals surface area contributed by atoms with Gasteiger partial charge in [-0.2, -0.15) is 0 Å². The zero-order valence-electron chi connectivity index (χ0n) is 3.26. The Hall–Kier alpha value is 2.25. The normalized spacial score (nSPS) is 6.56. The minimum absolute atomic E-state index is 0. The summed E-state index contributed by atoms with van der Waals surface area (Å²) < 4.78 is 8.88. The number of phosphoric acid groups is 1. The molecule has 58 valence electrons. The van der Waals surface area contributed by atoms with E-state index >= 15 is 0 Å². The van der Waals surface area contributed by atoms with Crippen molar-refractivity contribution >= 4 is 26.7 Å². The molecule has 0 bridgehead atoms. The Kier molecular flexibility index (Phi) is 43.3. The average molecular weight is 276 g/mol. The maximum Gasteiger partial charge on any atom is 0 e. The molecule has 0 saturated heterocycles. The van der Waals surface area contributed by atoms with Crippen molar-refractivity contribution in [2.75, 3.05) is 0 Å². The van der Waals surface area contributed by atoms with Gasteiger partial charge in [-0.1, -0.05) is 0 Å². The summed E-state index contributed by atoms with van der Waals surface area (Å²) in [6.45, 7) is 0. The zero-order valence-corrected chi connectivity index (χ0v) is 7.48. The molecule has 4 nitrogen and oxygen atoms in total. The van der Waals surface area contributed by atoms with Crippen molar-refractivity contribution in [3.8, 4) is 0 Å². The quantitative estimate of drug-likeness (QED) is 0.368. The van der Waals surface area contributed by atoms with Gasteiger partial charge >= 0.3 is 26.7 Å². The van der Waals surface area contributed by atoms with Gasteiger partial charge in [-0.15, -0.1) is 0 Å². The maximum atomic E-state index is 8.88. The Labute approximate surface area is 96.1 Å². The molecular weight excluding hydrogens is 272 g/mol. The second kappa shape index (κ2) is 12.9. The van der Waals surface area contributed by atoms with Crippen molar-refractivity contribution in [3.05, 3.63) is 0 Å². The Morgan fingerprint density at radius 2 is 1.11 bits per heavy atom. The largest absolute Gasteiger partial charge is 0 e. The van der Waals surface area contributed by atoms with E-state index in [9.17, 15) is 0 Å². The van der Waals surface area contributed by atoms with E-state index in [1.807, 2.05) is 0 Å². The van der Waals surface area contributed by atoms with Gasteiger partial charge in [0.2, 0.25) is 0 Å². The predicted octanol–water partition coefficient (Wildman–Crippen LogP) is -1.58. The van der Waals surface area contributed by atoms with E-state index in [2.05, 4.69) is 0 Å². The van der Waals surface area contributed by atoms with Gasteiger partial charge in [-0.05, 0) is 0 Å². The van der Waals surface area contributed by atoms with E-state index in [0.29, 0.717) is 0 Å². The Morgan fingerprint density at radius 3 is 1.11 bits per heavy atom. The molecule has 0 heterocycles. The Bertz CT molecular complexity index is 66.7. The van der Waals surface area contributed by atoms with Gasteiger partial charge in [-0.3, -0.25) is 0 Å². The topological polar surface area (TPSA) is 77.8 Å². The molecule has 0 aliphatic carbocycles. The molecule has 0 aromatic heterocycles. The van der Waals surface area contributed by atoms with Crippen LogP contribution in [-0.2, 0) is 55.5 Å². The summed E-state index contributed by atoms with van der Waals surface area (Å²) in [6, 6.07) is 0. The van der Waals surface area contributed by atoms with Gasteiger partial charge in [-0.25, -0.2) is 4.57 Å². The van der Waals surface area contributed by atoms with Crippen LogP contribution in [0.5, 0.6) is 0 Å². The van der Waals surface area contributed by atoms with Crippen molar-refractivity contribution in [1.82, 2.24) is 0 Å². The molecule has 0 amide bonds. The van der Waals surface area contributed by atoms with Crippen LogP contribution >= 0.6 is 7.82 Å². The molecular formula is H4CoFeLiMnO4P. The minimum atomic E-state index is -4.64. The van der Waals surface area contributed by atoms with Crippen molar-refractivity contribution in [3.63, 3.8) is 0 Å². The second-order valence-corrected chi connectivity index (χ2v) is 1.54. The van der Waals surface area contributed by atoms with E-state index in [4.69, 9.17) is 19.2 Å². The Balaban J connectivity index is -0.0000000133. The molecule has 9 heavy (non-hydrogen) atoms. The first-order valence-corrected chi connectivity index (χ1v) is 2.35. The molecule has 0 aromatic carbocycles. The molecule has 0 fully saturated rings. The summed E-state index contributed by atoms with van der Waals surface area (Å²) >= 11 is 0. The third-order valence-electron chi connectivity index (χ3n) is 0. The fraction of sp³-hybridized carbons (Fsp3) is 0. The molecule has 2 radical (unpaired) electrons. The first kappa shape index (κ1) is 30.3. The van der Waals surface area contributed by atoms with E-state index < -0.39 is 7.82 Å². The molecule has 0 aliphatic heterocycles. The summed E-state index contributed by atoms with van der Waals surface area (Å²) in [5, 5.41) is 0. The van der Waals surface area contributed by atoms with Gasteiger partial charge in [0.1, 0.15) is 0 Å². The van der Waals surface area contributed by atoms with Gasteiger partial charge < -0.3 is 14.7 Å². The first-order valence-electron chi connectivity index (χ1n) is 0.783. The minimum Gasteiger partial charge on any atom is 0 e. The van der Waals surface area contributed by atoms with Gasteiger partial charge in [0.15, 0.2) is 0 Å². The van der Waals surface area contributed by atoms with Crippen LogP contribution in [0, 0.1) is 0 Å². The van der Waals surface area contributed by atoms with E-state index in [0.717, 1.165) is 0 Å². The summed E-state index contributed by atoms with van der Waals surface area (Å²) in [6.07, 6.45) is 0. The molecule has 0 spiro atoms. The summed E-state index contributed by atoms with van der Waals surface area (Å²) in [7, 11) is -4.64. The molecule has 0 unspecified atom stereocenters. The second-order valence-electron chi connectivity index (χ2n) is 0.513. The van der Waals surface area contributed by atoms with E-state index in [-0.39, 0.29) is 69.8 Å². The van der Waals surface area contributed by atoms with Crippen LogP contribution in [0.1, 0.15) is 0 Å². The molecule has 9 heteroatoms. The van der Waals surface area contributed by atoms with E-state index in [1.54, 1.807) is 0 Å². The van der Waals surface area contributed by atoms with Crippen LogP contribution in [0.15, 0.2) is 0 Å². The standard InChI is InChI=1S/Co.Fe.Li.Mn.H3O4P.H/c;;;;1-5(2,3)4;/h;;;;(H3,1,2,3,4);. The van der Waals surface area contributed by atoms with E-state index in [1.165, 1.54) is 0 Å². The van der Waals surface area contributed by atoms with Crippen LogP contribution in [0.25, 0.3) is 0 Å². The SMILES string of the molecule is O=P(O)(O)O.[Co].[Fe].[LiH].[Mn]. The summed E-state index contributed by atoms with van der Waals surface area (Å²) in [5.74, 6) is 0. The van der Waals surface area contributed by atoms with Crippen molar-refractivity contribution < 1.29 is 70.2 Å². The Morgan fingerprint density at radius 1 is 1.11 bits per heavy atom. The van der Waals surface area contributed by atoms with Gasteiger partial charge in [0.25, 0.3) is 0 Å².